The topological polar surface area (TPSA) is 57.1 Å². The van der Waals surface area contributed by atoms with Crippen molar-refractivity contribution >= 4 is 5.84 Å². The molecule has 4 heteroatoms. The minimum atomic E-state index is 0.545. The second-order valence-electron chi connectivity index (χ2n) is 2.96. The zero-order chi connectivity index (χ0) is 9.94. The molecule has 0 aromatic carbocycles. The summed E-state index contributed by atoms with van der Waals surface area (Å²) < 4.78 is 0. The van der Waals surface area contributed by atoms with Gasteiger partial charge < -0.3 is 10.2 Å². The van der Waals surface area contributed by atoms with Gasteiger partial charge in [-0.1, -0.05) is 6.92 Å². The van der Waals surface area contributed by atoms with Gasteiger partial charge >= 0.3 is 0 Å². The molecular formula is C9H21N3O. The molecule has 78 valence electrons. The van der Waals surface area contributed by atoms with E-state index in [4.69, 9.17) is 10.2 Å². The Morgan fingerprint density at radius 2 is 2.08 bits per heavy atom. The van der Waals surface area contributed by atoms with Crippen LogP contribution in [0.4, 0.5) is 0 Å². The summed E-state index contributed by atoms with van der Waals surface area (Å²) in [6.45, 7) is 6.30. The largest absolute Gasteiger partial charge is 0.374 e. The van der Waals surface area contributed by atoms with Crippen LogP contribution in [0.2, 0.25) is 0 Å². The first-order chi connectivity index (χ1) is 6.27. The van der Waals surface area contributed by atoms with Gasteiger partial charge in [-0.25, -0.2) is 5.48 Å². The Balaban J connectivity index is 2.87. The van der Waals surface area contributed by atoms with Crippen LogP contribution in [-0.2, 0) is 4.84 Å². The molecule has 0 saturated carbocycles. The lowest BCUT2D eigenvalue weighted by Crippen LogP contribution is -2.20. The Kier molecular flexibility index (Phi) is 9.03. The molecule has 0 radical (unpaired) electrons. The lowest BCUT2D eigenvalue weighted by Gasteiger charge is -2.04. The van der Waals surface area contributed by atoms with Crippen LogP contribution in [0, 0.1) is 5.41 Å². The van der Waals surface area contributed by atoms with Gasteiger partial charge in [-0.15, -0.1) is 0 Å². The Morgan fingerprint density at radius 3 is 2.69 bits per heavy atom. The standard InChI is InChI=1S/C9H21N3O/c1-3-12-13-8-6-4-5-7-11-9(2)10/h12H,3-8H2,1-2H3,(H2,10,11). The molecular weight excluding hydrogens is 166 g/mol. The van der Waals surface area contributed by atoms with Crippen LogP contribution in [-0.4, -0.2) is 25.5 Å². The zero-order valence-electron chi connectivity index (χ0n) is 8.65. The second-order valence-corrected chi connectivity index (χ2v) is 2.96. The maximum absolute atomic E-state index is 7.12. The fourth-order valence-corrected chi connectivity index (χ4v) is 0.926. The maximum atomic E-state index is 7.12. The van der Waals surface area contributed by atoms with Crippen molar-refractivity contribution in [2.24, 2.45) is 0 Å². The van der Waals surface area contributed by atoms with Gasteiger partial charge in [0.05, 0.1) is 12.4 Å². The highest BCUT2D eigenvalue weighted by atomic mass is 16.6. The highest BCUT2D eigenvalue weighted by molar-refractivity contribution is 5.75. The third-order valence-electron chi connectivity index (χ3n) is 1.56. The van der Waals surface area contributed by atoms with E-state index in [1.54, 1.807) is 6.92 Å². The van der Waals surface area contributed by atoms with E-state index >= 15 is 0 Å². The van der Waals surface area contributed by atoms with E-state index < -0.39 is 0 Å². The summed E-state index contributed by atoms with van der Waals surface area (Å²) in [5.41, 5.74) is 2.81. The molecule has 0 spiro atoms. The fourth-order valence-electron chi connectivity index (χ4n) is 0.926. The molecule has 0 aromatic heterocycles. The van der Waals surface area contributed by atoms with Crippen LogP contribution < -0.4 is 10.8 Å². The molecule has 0 amide bonds. The van der Waals surface area contributed by atoms with E-state index in [0.717, 1.165) is 39.0 Å². The first-order valence-corrected chi connectivity index (χ1v) is 4.91. The van der Waals surface area contributed by atoms with E-state index in [0.29, 0.717) is 5.84 Å². The Bertz CT molecular complexity index is 128. The van der Waals surface area contributed by atoms with Gasteiger partial charge in [0.2, 0.25) is 0 Å². The molecule has 0 unspecified atom stereocenters. The summed E-state index contributed by atoms with van der Waals surface area (Å²) in [5, 5.41) is 10.1. The van der Waals surface area contributed by atoms with Crippen molar-refractivity contribution in [2.75, 3.05) is 19.7 Å². The molecule has 0 aromatic rings. The average molecular weight is 187 g/mol. The number of hydrogen-bond acceptors (Lipinski definition) is 3. The van der Waals surface area contributed by atoms with Gasteiger partial charge in [0.25, 0.3) is 0 Å². The first kappa shape index (κ1) is 12.4. The Hall–Kier alpha value is -0.610. The van der Waals surface area contributed by atoms with Gasteiger partial charge in [0.15, 0.2) is 0 Å². The molecule has 0 aliphatic carbocycles. The van der Waals surface area contributed by atoms with Crippen molar-refractivity contribution in [3.63, 3.8) is 0 Å². The maximum Gasteiger partial charge on any atom is 0.0899 e. The number of amidine groups is 1. The highest BCUT2D eigenvalue weighted by Crippen LogP contribution is 1.93. The lowest BCUT2D eigenvalue weighted by atomic mass is 10.2. The lowest BCUT2D eigenvalue weighted by molar-refractivity contribution is 0.0420. The number of unbranched alkanes of at least 4 members (excludes halogenated alkanes) is 2. The third-order valence-corrected chi connectivity index (χ3v) is 1.56. The summed E-state index contributed by atoms with van der Waals surface area (Å²) in [5.74, 6) is 0.545. The second kappa shape index (κ2) is 9.48. The van der Waals surface area contributed by atoms with Gasteiger partial charge in [0.1, 0.15) is 0 Å². The van der Waals surface area contributed by atoms with Gasteiger partial charge in [-0.3, -0.25) is 5.41 Å². The van der Waals surface area contributed by atoms with E-state index in [-0.39, 0.29) is 0 Å². The van der Waals surface area contributed by atoms with Crippen LogP contribution in [0.15, 0.2) is 0 Å². The van der Waals surface area contributed by atoms with Crippen molar-refractivity contribution in [1.82, 2.24) is 10.8 Å². The van der Waals surface area contributed by atoms with Crippen molar-refractivity contribution in [1.29, 1.82) is 5.41 Å². The number of nitrogens with one attached hydrogen (secondary N) is 3. The van der Waals surface area contributed by atoms with Crippen molar-refractivity contribution in [3.05, 3.63) is 0 Å². The summed E-state index contributed by atoms with van der Waals surface area (Å²) in [7, 11) is 0. The Morgan fingerprint density at radius 1 is 1.31 bits per heavy atom. The summed E-state index contributed by atoms with van der Waals surface area (Å²) >= 11 is 0. The fraction of sp³-hybridized carbons (Fsp3) is 0.889. The van der Waals surface area contributed by atoms with Crippen LogP contribution in [0.3, 0.4) is 0 Å². The van der Waals surface area contributed by atoms with Crippen LogP contribution >= 0.6 is 0 Å². The SMILES string of the molecule is CCNOCCCCCNC(C)=N. The normalized spacial score (nSPS) is 10.0. The third kappa shape index (κ3) is 11.4. The molecule has 0 bridgehead atoms. The molecule has 0 rings (SSSR count). The van der Waals surface area contributed by atoms with Crippen molar-refractivity contribution in [3.8, 4) is 0 Å². The monoisotopic (exact) mass is 187 g/mol. The number of rotatable bonds is 8. The van der Waals surface area contributed by atoms with Gasteiger partial charge in [-0.05, 0) is 26.2 Å². The van der Waals surface area contributed by atoms with Gasteiger partial charge in [-0.2, -0.15) is 0 Å². The van der Waals surface area contributed by atoms with Crippen molar-refractivity contribution < 1.29 is 4.84 Å². The molecule has 0 saturated heterocycles. The zero-order valence-corrected chi connectivity index (χ0v) is 8.65. The first-order valence-electron chi connectivity index (χ1n) is 4.91. The average Bonchev–Trinajstić information content (AvgIpc) is 2.09. The Labute approximate surface area is 80.5 Å². The minimum absolute atomic E-state index is 0.545. The smallest absolute Gasteiger partial charge is 0.0899 e. The molecule has 0 aliphatic heterocycles. The molecule has 0 heterocycles. The van der Waals surface area contributed by atoms with E-state index in [1.807, 2.05) is 6.92 Å². The molecule has 13 heavy (non-hydrogen) atoms. The van der Waals surface area contributed by atoms with Crippen molar-refractivity contribution in [2.45, 2.75) is 33.1 Å². The molecule has 0 aliphatic rings. The summed E-state index contributed by atoms with van der Waals surface area (Å²) in [4.78, 5) is 5.10. The molecule has 0 fully saturated rings. The highest BCUT2D eigenvalue weighted by Gasteiger charge is 1.90. The number of hydroxylamine groups is 1. The quantitative estimate of drug-likeness (QED) is 0.232. The van der Waals surface area contributed by atoms with Gasteiger partial charge in [0, 0.05) is 13.1 Å². The molecule has 4 nitrogen and oxygen atoms in total. The van der Waals surface area contributed by atoms with E-state index in [2.05, 4.69) is 10.8 Å². The van der Waals surface area contributed by atoms with E-state index in [1.165, 1.54) is 0 Å². The predicted octanol–water partition coefficient (Wildman–Crippen LogP) is 1.28. The number of hydrogen-bond donors (Lipinski definition) is 3. The predicted molar refractivity (Wildman–Crippen MR) is 54.9 cm³/mol. The summed E-state index contributed by atoms with van der Waals surface area (Å²) in [6.07, 6.45) is 3.32. The van der Waals surface area contributed by atoms with E-state index in [9.17, 15) is 0 Å². The van der Waals surface area contributed by atoms with Crippen LogP contribution in [0.5, 0.6) is 0 Å². The van der Waals surface area contributed by atoms with Crippen LogP contribution in [0.25, 0.3) is 0 Å². The molecule has 0 atom stereocenters. The van der Waals surface area contributed by atoms with Crippen LogP contribution in [0.1, 0.15) is 33.1 Å². The summed E-state index contributed by atoms with van der Waals surface area (Å²) in [6, 6.07) is 0. The molecule has 3 N–H and O–H groups in total. The minimum Gasteiger partial charge on any atom is -0.374 e.